The summed E-state index contributed by atoms with van der Waals surface area (Å²) in [5.74, 6) is -0.962. The van der Waals surface area contributed by atoms with E-state index in [2.05, 4.69) is 43.1 Å². The monoisotopic (exact) mass is 385 g/mol. The number of aryl methyl sites for hydroxylation is 2. The maximum atomic E-state index is 8.67. The fraction of sp³-hybridized carbons (Fsp3) is 0.296. The van der Waals surface area contributed by atoms with E-state index in [9.17, 15) is 0 Å². The van der Waals surface area contributed by atoms with Gasteiger partial charge in [0.1, 0.15) is 5.76 Å². The summed E-state index contributed by atoms with van der Waals surface area (Å²) in [7, 11) is 0. The molecule has 0 amide bonds. The first kappa shape index (κ1) is 17.0. The molecule has 2 nitrogen and oxygen atoms in total. The average molecular weight is 386 g/mol. The summed E-state index contributed by atoms with van der Waals surface area (Å²) < 4.78 is 23.6. The molecule has 4 aromatic rings. The molecule has 0 aliphatic rings. The zero-order valence-corrected chi connectivity index (χ0v) is 18.1. The fourth-order valence-electron chi connectivity index (χ4n) is 4.00. The third-order valence-corrected chi connectivity index (χ3v) is 5.31. The van der Waals surface area contributed by atoms with Crippen LogP contribution in [0.2, 0.25) is 0 Å². The lowest BCUT2D eigenvalue weighted by molar-refractivity contribution is 0.625. The third kappa shape index (κ3) is 3.72. The van der Waals surface area contributed by atoms with E-state index < -0.39 is 11.8 Å². The van der Waals surface area contributed by atoms with Crippen LogP contribution < -0.4 is 0 Å². The van der Waals surface area contributed by atoms with Gasteiger partial charge in [0.25, 0.3) is 0 Å². The summed E-state index contributed by atoms with van der Waals surface area (Å²) in [6.07, 6.45) is 1.77. The van der Waals surface area contributed by atoms with Gasteiger partial charge in [0, 0.05) is 19.3 Å². The molecule has 4 rings (SSSR count). The quantitative estimate of drug-likeness (QED) is 0.355. The van der Waals surface area contributed by atoms with Gasteiger partial charge in [0.15, 0.2) is 5.58 Å². The second kappa shape index (κ2) is 7.51. The van der Waals surface area contributed by atoms with Crippen LogP contribution in [-0.4, -0.2) is 4.98 Å². The lowest BCUT2D eigenvalue weighted by Gasteiger charge is -2.17. The van der Waals surface area contributed by atoms with Crippen molar-refractivity contribution in [3.8, 4) is 22.6 Å². The van der Waals surface area contributed by atoms with Crippen LogP contribution in [-0.2, 0) is 0 Å². The van der Waals surface area contributed by atoms with E-state index in [0.29, 0.717) is 11.3 Å². The highest BCUT2D eigenvalue weighted by Crippen LogP contribution is 2.39. The van der Waals surface area contributed by atoms with Crippen molar-refractivity contribution in [2.24, 2.45) is 0 Å². The Morgan fingerprint density at radius 2 is 1.48 bits per heavy atom. The van der Waals surface area contributed by atoms with Crippen LogP contribution in [0.5, 0.6) is 0 Å². The molecule has 0 saturated heterocycles. The number of rotatable bonds is 4. The van der Waals surface area contributed by atoms with Crippen molar-refractivity contribution in [2.75, 3.05) is 0 Å². The molecule has 0 N–H and O–H groups in total. The highest BCUT2D eigenvalue weighted by Gasteiger charge is 2.19. The van der Waals surface area contributed by atoms with Gasteiger partial charge in [-0.3, -0.25) is 4.98 Å². The largest absolute Gasteiger partial charge is 0.454 e. The van der Waals surface area contributed by atoms with Gasteiger partial charge in [-0.2, -0.15) is 0 Å². The molecule has 0 fully saturated rings. The predicted molar refractivity (Wildman–Crippen MR) is 123 cm³/mol. The van der Waals surface area contributed by atoms with Gasteiger partial charge >= 0.3 is 0 Å². The first-order valence-electron chi connectivity index (χ1n) is 11.1. The van der Waals surface area contributed by atoms with E-state index in [1.165, 1.54) is 11.1 Å². The third-order valence-electron chi connectivity index (χ3n) is 5.31. The second-order valence-corrected chi connectivity index (χ2v) is 8.32. The summed E-state index contributed by atoms with van der Waals surface area (Å²) in [6, 6.07) is 16.4. The van der Waals surface area contributed by atoms with Crippen molar-refractivity contribution in [3.05, 3.63) is 77.0 Å². The molecular formula is C27H29NO. The predicted octanol–water partition coefficient (Wildman–Crippen LogP) is 8.03. The zero-order chi connectivity index (χ0) is 22.6. The molecule has 0 radical (unpaired) electrons. The van der Waals surface area contributed by atoms with Gasteiger partial charge in [0.2, 0.25) is 0 Å². The van der Waals surface area contributed by atoms with Gasteiger partial charge in [0.05, 0.1) is 11.9 Å². The Balaban J connectivity index is 1.92. The Bertz CT molecular complexity index is 1220. The van der Waals surface area contributed by atoms with E-state index in [0.717, 1.165) is 33.3 Å². The molecule has 2 aromatic carbocycles. The molecule has 0 bridgehead atoms. The first-order valence-corrected chi connectivity index (χ1v) is 10.1. The van der Waals surface area contributed by atoms with Crippen molar-refractivity contribution >= 4 is 11.0 Å². The maximum absolute atomic E-state index is 8.67. The number of fused-ring (bicyclic) bond motifs is 1. The molecular weight excluding hydrogens is 354 g/mol. The Morgan fingerprint density at radius 1 is 0.862 bits per heavy atom. The van der Waals surface area contributed by atoms with Crippen LogP contribution in [0.1, 0.15) is 64.5 Å². The number of aromatic nitrogens is 1. The summed E-state index contributed by atoms with van der Waals surface area (Å²) in [5.41, 5.74) is 7.65. The molecule has 0 aliphatic heterocycles. The average Bonchev–Trinajstić information content (AvgIpc) is 3.08. The van der Waals surface area contributed by atoms with Crippen molar-refractivity contribution in [1.82, 2.24) is 4.98 Å². The molecule has 0 unspecified atom stereocenters. The molecule has 148 valence electrons. The Labute approximate surface area is 176 Å². The van der Waals surface area contributed by atoms with Crippen molar-refractivity contribution in [2.45, 2.75) is 53.3 Å². The minimum absolute atomic E-state index is 0.681. The van der Waals surface area contributed by atoms with Crippen LogP contribution in [0.4, 0.5) is 0 Å². The lowest BCUT2D eigenvalue weighted by Crippen LogP contribution is -1.98. The molecule has 0 aliphatic carbocycles. The van der Waals surface area contributed by atoms with Crippen LogP contribution >= 0.6 is 0 Å². The minimum atomic E-state index is -0.821. The van der Waals surface area contributed by atoms with Crippen molar-refractivity contribution in [1.29, 1.82) is 0 Å². The van der Waals surface area contributed by atoms with Gasteiger partial charge < -0.3 is 4.42 Å². The van der Waals surface area contributed by atoms with Crippen molar-refractivity contribution in [3.63, 3.8) is 0 Å². The molecule has 2 heterocycles. The summed E-state index contributed by atoms with van der Waals surface area (Å²) >= 11 is 0. The van der Waals surface area contributed by atoms with Gasteiger partial charge in [-0.1, -0.05) is 63.1 Å². The summed E-state index contributed by atoms with van der Waals surface area (Å²) in [6.45, 7) is 11.7. The topological polar surface area (TPSA) is 26.0 Å². The van der Waals surface area contributed by atoms with Crippen LogP contribution in [0, 0.1) is 13.8 Å². The fourth-order valence-corrected chi connectivity index (χ4v) is 4.00. The Hall–Kier alpha value is -2.87. The number of benzene rings is 2. The van der Waals surface area contributed by atoms with Crippen LogP contribution in [0.3, 0.4) is 0 Å². The lowest BCUT2D eigenvalue weighted by atomic mass is 9.87. The normalized spacial score (nSPS) is 13.4. The molecule has 0 atom stereocenters. The SMILES string of the molecule is [2H]C(C)(C)c1cccc(C([2H])(C)C)c1-c1cc2cc(-c3cc(C)cc(C)c3)ncc2o1. The molecule has 29 heavy (non-hydrogen) atoms. The Kier molecular flexibility index (Phi) is 4.41. The number of pyridine rings is 1. The molecule has 0 saturated carbocycles. The smallest absolute Gasteiger partial charge is 0.153 e. The number of hydrogen-bond donors (Lipinski definition) is 0. The van der Waals surface area contributed by atoms with E-state index >= 15 is 0 Å². The highest BCUT2D eigenvalue weighted by atomic mass is 16.3. The molecule has 2 heteroatoms. The number of nitrogens with zero attached hydrogens (tertiary/aromatic N) is 1. The summed E-state index contributed by atoms with van der Waals surface area (Å²) in [5, 5.41) is 0.963. The van der Waals surface area contributed by atoms with Gasteiger partial charge in [-0.15, -0.1) is 0 Å². The minimum Gasteiger partial charge on any atom is -0.454 e. The first-order chi connectivity index (χ1) is 14.4. The standard InChI is InChI=1S/C27H29NO/c1-16(2)22-8-7-9-23(17(3)4)27(22)25-14-21-13-24(28-15-26(21)29-25)20-11-18(5)10-19(6)12-20/h7-17H,1-6H3/i16D,17D. The van der Waals surface area contributed by atoms with Gasteiger partial charge in [-0.05, 0) is 61.0 Å². The van der Waals surface area contributed by atoms with Crippen molar-refractivity contribution < 1.29 is 7.16 Å². The van der Waals surface area contributed by atoms with Gasteiger partial charge in [-0.25, -0.2) is 0 Å². The summed E-state index contributed by atoms with van der Waals surface area (Å²) in [4.78, 5) is 4.64. The zero-order valence-electron chi connectivity index (χ0n) is 20.1. The molecule has 2 aromatic heterocycles. The van der Waals surface area contributed by atoms with E-state index in [4.69, 9.17) is 7.16 Å². The Morgan fingerprint density at radius 3 is 2.07 bits per heavy atom. The molecule has 0 spiro atoms. The van der Waals surface area contributed by atoms with E-state index in [1.807, 2.05) is 52.0 Å². The van der Waals surface area contributed by atoms with Crippen LogP contribution in [0.15, 0.2) is 59.1 Å². The van der Waals surface area contributed by atoms with E-state index in [-0.39, 0.29) is 0 Å². The number of furan rings is 1. The second-order valence-electron chi connectivity index (χ2n) is 8.32. The van der Waals surface area contributed by atoms with Crippen LogP contribution in [0.25, 0.3) is 33.6 Å². The van der Waals surface area contributed by atoms with E-state index in [1.54, 1.807) is 6.20 Å². The highest BCUT2D eigenvalue weighted by molar-refractivity contribution is 5.86. The maximum Gasteiger partial charge on any atom is 0.153 e. The number of hydrogen-bond acceptors (Lipinski definition) is 2.